The number of thiazole rings is 1. The number of aromatic nitrogens is 1. The Kier molecular flexibility index (Phi) is 5.90. The van der Waals surface area contributed by atoms with E-state index in [0.29, 0.717) is 22.1 Å². The van der Waals surface area contributed by atoms with Gasteiger partial charge in [-0.25, -0.2) is 13.4 Å². The van der Waals surface area contributed by atoms with Crippen LogP contribution in [0.5, 0.6) is 0 Å². The van der Waals surface area contributed by atoms with Crippen molar-refractivity contribution in [2.75, 3.05) is 22.9 Å². The molecule has 0 saturated heterocycles. The summed E-state index contributed by atoms with van der Waals surface area (Å²) in [7, 11) is -1.80. The summed E-state index contributed by atoms with van der Waals surface area (Å²) in [5.41, 5.74) is 4.88. The first-order valence-electron chi connectivity index (χ1n) is 9.25. The van der Waals surface area contributed by atoms with Crippen molar-refractivity contribution < 1.29 is 13.2 Å². The Labute approximate surface area is 188 Å². The van der Waals surface area contributed by atoms with E-state index in [4.69, 9.17) is 0 Å². The molecule has 0 unspecified atom stereocenters. The average molecular weight is 470 g/mol. The summed E-state index contributed by atoms with van der Waals surface area (Å²) in [6.45, 7) is 0. The molecule has 0 bridgehead atoms. The van der Waals surface area contributed by atoms with E-state index in [1.54, 1.807) is 47.7 Å². The van der Waals surface area contributed by atoms with E-state index in [1.807, 2.05) is 29.0 Å². The molecule has 0 fully saturated rings. The van der Waals surface area contributed by atoms with Gasteiger partial charge >= 0.3 is 0 Å². The number of nitrogens with zero attached hydrogens (tertiary/aromatic N) is 2. The first-order chi connectivity index (χ1) is 14.8. The van der Waals surface area contributed by atoms with Gasteiger partial charge in [-0.2, -0.15) is 11.3 Å². The van der Waals surface area contributed by atoms with Crippen LogP contribution in [0.3, 0.4) is 0 Å². The van der Waals surface area contributed by atoms with Crippen LogP contribution in [0, 0.1) is 0 Å². The van der Waals surface area contributed by atoms with Crippen LogP contribution < -0.4 is 9.62 Å². The van der Waals surface area contributed by atoms with Gasteiger partial charge in [0.15, 0.2) is 5.13 Å². The molecule has 31 heavy (non-hydrogen) atoms. The third-order valence-corrected chi connectivity index (χ3v) is 7.40. The highest BCUT2D eigenvalue weighted by Crippen LogP contribution is 2.28. The molecule has 0 aliphatic carbocycles. The lowest BCUT2D eigenvalue weighted by Gasteiger charge is -2.16. The van der Waals surface area contributed by atoms with Gasteiger partial charge in [0.05, 0.1) is 17.6 Å². The first-order valence-corrected chi connectivity index (χ1v) is 12.9. The number of rotatable bonds is 6. The standard InChI is InChI=1S/C22H19N3O3S3/c1-25(31(2,27)28)19-9-7-16(8-10-19)20-14-30-22(23-20)24-21(26)17-5-3-15(4-6-17)18-11-12-29-13-18/h3-14H,1-2H3,(H,23,24,26). The number of carbonyl (C=O) groups excluding carboxylic acids is 1. The van der Waals surface area contributed by atoms with E-state index < -0.39 is 10.0 Å². The van der Waals surface area contributed by atoms with Crippen molar-refractivity contribution in [3.05, 3.63) is 76.3 Å². The van der Waals surface area contributed by atoms with E-state index in [1.165, 1.54) is 22.7 Å². The average Bonchev–Trinajstić information content (AvgIpc) is 3.45. The molecule has 0 aliphatic rings. The number of nitrogens with one attached hydrogen (secondary N) is 1. The predicted octanol–water partition coefficient (Wildman–Crippen LogP) is 5.19. The molecule has 0 spiro atoms. The summed E-state index contributed by atoms with van der Waals surface area (Å²) in [6, 6.07) is 16.6. The lowest BCUT2D eigenvalue weighted by Crippen LogP contribution is -2.24. The minimum Gasteiger partial charge on any atom is -0.298 e. The van der Waals surface area contributed by atoms with Crippen molar-refractivity contribution >= 4 is 49.4 Å². The quantitative estimate of drug-likeness (QED) is 0.422. The summed E-state index contributed by atoms with van der Waals surface area (Å²) in [6.07, 6.45) is 1.16. The zero-order valence-electron chi connectivity index (χ0n) is 16.8. The molecular weight excluding hydrogens is 450 g/mol. The molecule has 2 heterocycles. The molecule has 0 aliphatic heterocycles. The molecular formula is C22H19N3O3S3. The van der Waals surface area contributed by atoms with Crippen LogP contribution in [-0.2, 0) is 10.0 Å². The Morgan fingerprint density at radius 2 is 1.61 bits per heavy atom. The van der Waals surface area contributed by atoms with Crippen LogP contribution in [0.15, 0.2) is 70.7 Å². The number of thiophene rings is 1. The maximum absolute atomic E-state index is 12.6. The third kappa shape index (κ3) is 4.84. The molecule has 9 heteroatoms. The normalized spacial score (nSPS) is 11.3. The van der Waals surface area contributed by atoms with Crippen molar-refractivity contribution in [1.82, 2.24) is 4.98 Å². The van der Waals surface area contributed by atoms with Crippen molar-refractivity contribution in [2.45, 2.75) is 0 Å². The van der Waals surface area contributed by atoms with Gasteiger partial charge < -0.3 is 0 Å². The van der Waals surface area contributed by atoms with Crippen molar-refractivity contribution in [2.24, 2.45) is 0 Å². The highest BCUT2D eigenvalue weighted by atomic mass is 32.2. The minimum atomic E-state index is -3.31. The van der Waals surface area contributed by atoms with Gasteiger partial charge in [-0.15, -0.1) is 11.3 Å². The monoisotopic (exact) mass is 469 g/mol. The van der Waals surface area contributed by atoms with Crippen molar-refractivity contribution in [3.8, 4) is 22.4 Å². The molecule has 0 radical (unpaired) electrons. The molecule has 4 rings (SSSR count). The molecule has 2 aromatic carbocycles. The van der Waals surface area contributed by atoms with E-state index in [9.17, 15) is 13.2 Å². The van der Waals surface area contributed by atoms with Crippen molar-refractivity contribution in [1.29, 1.82) is 0 Å². The second-order valence-corrected chi connectivity index (χ2v) is 10.5. The van der Waals surface area contributed by atoms with Gasteiger partial charge in [0.25, 0.3) is 5.91 Å². The molecule has 0 atom stereocenters. The largest absolute Gasteiger partial charge is 0.298 e. The van der Waals surface area contributed by atoms with Gasteiger partial charge in [0.1, 0.15) is 0 Å². The topological polar surface area (TPSA) is 79.4 Å². The first kappa shape index (κ1) is 21.2. The molecule has 158 valence electrons. The van der Waals surface area contributed by atoms with E-state index in [0.717, 1.165) is 22.9 Å². The molecule has 1 amide bonds. The minimum absolute atomic E-state index is 0.220. The maximum atomic E-state index is 12.6. The van der Waals surface area contributed by atoms with Crippen LogP contribution in [-0.4, -0.2) is 32.6 Å². The Balaban J connectivity index is 1.45. The molecule has 2 aromatic heterocycles. The van der Waals surface area contributed by atoms with Crippen LogP contribution >= 0.6 is 22.7 Å². The SMILES string of the molecule is CN(c1ccc(-c2csc(NC(=O)c3ccc(-c4ccsc4)cc3)n2)cc1)S(C)(=O)=O. The lowest BCUT2D eigenvalue weighted by atomic mass is 10.1. The lowest BCUT2D eigenvalue weighted by molar-refractivity contribution is 0.102. The van der Waals surface area contributed by atoms with Crippen LogP contribution in [0.1, 0.15) is 10.4 Å². The van der Waals surface area contributed by atoms with E-state index in [2.05, 4.69) is 15.7 Å². The fraction of sp³-hybridized carbons (Fsp3) is 0.0909. The third-order valence-electron chi connectivity index (χ3n) is 4.75. The van der Waals surface area contributed by atoms with Gasteiger partial charge in [-0.05, 0) is 52.2 Å². The van der Waals surface area contributed by atoms with E-state index >= 15 is 0 Å². The zero-order valence-corrected chi connectivity index (χ0v) is 19.2. The molecule has 0 saturated carbocycles. The van der Waals surface area contributed by atoms with Gasteiger partial charge in [-0.1, -0.05) is 24.3 Å². The Morgan fingerprint density at radius 3 is 2.23 bits per heavy atom. The summed E-state index contributed by atoms with van der Waals surface area (Å²) >= 11 is 2.97. The molecule has 6 nitrogen and oxygen atoms in total. The van der Waals surface area contributed by atoms with Crippen LogP contribution in [0.4, 0.5) is 10.8 Å². The second kappa shape index (κ2) is 8.62. The Bertz CT molecular complexity index is 1290. The zero-order chi connectivity index (χ0) is 22.0. The summed E-state index contributed by atoms with van der Waals surface area (Å²) < 4.78 is 24.5. The molecule has 1 N–H and O–H groups in total. The highest BCUT2D eigenvalue weighted by Gasteiger charge is 2.13. The Morgan fingerprint density at radius 1 is 0.935 bits per heavy atom. The molecule has 4 aromatic rings. The van der Waals surface area contributed by atoms with E-state index in [-0.39, 0.29) is 5.91 Å². The summed E-state index contributed by atoms with van der Waals surface area (Å²) in [5.74, 6) is -0.220. The number of benzene rings is 2. The summed E-state index contributed by atoms with van der Waals surface area (Å²) in [4.78, 5) is 17.1. The second-order valence-electron chi connectivity index (χ2n) is 6.86. The highest BCUT2D eigenvalue weighted by molar-refractivity contribution is 7.92. The number of carbonyl (C=O) groups is 1. The fourth-order valence-electron chi connectivity index (χ4n) is 2.91. The number of sulfonamides is 1. The smallest absolute Gasteiger partial charge is 0.257 e. The number of anilines is 2. The number of amides is 1. The van der Waals surface area contributed by atoms with Gasteiger partial charge in [-0.3, -0.25) is 14.4 Å². The van der Waals surface area contributed by atoms with Crippen LogP contribution in [0.2, 0.25) is 0 Å². The Hall–Kier alpha value is -3.01. The summed E-state index contributed by atoms with van der Waals surface area (Å²) in [5, 5.41) is 9.27. The number of hydrogen-bond acceptors (Lipinski definition) is 6. The predicted molar refractivity (Wildman–Crippen MR) is 129 cm³/mol. The van der Waals surface area contributed by atoms with Gasteiger partial charge in [0.2, 0.25) is 10.0 Å². The van der Waals surface area contributed by atoms with Crippen molar-refractivity contribution in [3.63, 3.8) is 0 Å². The number of hydrogen-bond donors (Lipinski definition) is 1. The van der Waals surface area contributed by atoms with Gasteiger partial charge in [0, 0.05) is 23.6 Å². The maximum Gasteiger partial charge on any atom is 0.257 e. The fourth-order valence-corrected chi connectivity index (χ4v) is 4.79. The van der Waals surface area contributed by atoms with Crippen LogP contribution in [0.25, 0.3) is 22.4 Å².